The molecule has 0 bridgehead atoms. The van der Waals surface area contributed by atoms with Crippen molar-refractivity contribution in [2.24, 2.45) is 0 Å². The Morgan fingerprint density at radius 1 is 1.03 bits per heavy atom. The number of benzene rings is 1. The third-order valence-electron chi connectivity index (χ3n) is 4.87. The number of fused-ring (bicyclic) bond motifs is 1. The summed E-state index contributed by atoms with van der Waals surface area (Å²) >= 11 is 0. The average molecular weight is 391 g/mol. The van der Waals surface area contributed by atoms with E-state index in [1.54, 1.807) is 6.20 Å². The first kappa shape index (κ1) is 19.0. The van der Waals surface area contributed by atoms with Crippen LogP contribution in [0.25, 0.3) is 22.3 Å². The van der Waals surface area contributed by atoms with E-state index in [0.29, 0.717) is 12.4 Å². The summed E-state index contributed by atoms with van der Waals surface area (Å²) in [6.45, 7) is 2.51. The molecular weight excluding hydrogens is 366 g/mol. The van der Waals surface area contributed by atoms with Crippen LogP contribution in [0.2, 0.25) is 0 Å². The minimum atomic E-state index is 0.413. The molecule has 3 heterocycles. The summed E-state index contributed by atoms with van der Waals surface area (Å²) in [6, 6.07) is 12.5. The molecule has 0 saturated heterocycles. The maximum absolute atomic E-state index is 4.79. The number of hydrogen-bond acceptors (Lipinski definition) is 7. The number of nitrogens with zero attached hydrogens (tertiary/aromatic N) is 8. The first-order valence-corrected chi connectivity index (χ1v) is 9.62. The molecule has 1 aromatic carbocycles. The average Bonchev–Trinajstić information content (AvgIpc) is 3.36. The van der Waals surface area contributed by atoms with Crippen LogP contribution in [0.3, 0.4) is 0 Å². The standard InChI is InChI=1S/C20H25N9/c1-27(2)12-5-13-28(3)16-9-7-15(8-10-16)19-17-6-4-11-21-20(17)29(24-19)14-18-22-25-26-23-18/h4,6-11H,5,12-14H2,1-3H3,(H,22,23,25,26). The number of aromatic nitrogens is 7. The van der Waals surface area contributed by atoms with Crippen LogP contribution in [-0.4, -0.2) is 74.5 Å². The molecule has 0 atom stereocenters. The predicted octanol–water partition coefficient (Wildman–Crippen LogP) is 2.05. The van der Waals surface area contributed by atoms with Gasteiger partial charge in [-0.3, -0.25) is 0 Å². The van der Waals surface area contributed by atoms with Gasteiger partial charge >= 0.3 is 0 Å². The summed E-state index contributed by atoms with van der Waals surface area (Å²) in [6.07, 6.45) is 2.90. The van der Waals surface area contributed by atoms with Gasteiger partial charge in [-0.15, -0.1) is 10.2 Å². The van der Waals surface area contributed by atoms with Crippen LogP contribution in [0.15, 0.2) is 42.6 Å². The van der Waals surface area contributed by atoms with E-state index < -0.39 is 0 Å². The smallest absolute Gasteiger partial charge is 0.196 e. The number of nitrogens with one attached hydrogen (secondary N) is 1. The van der Waals surface area contributed by atoms with Gasteiger partial charge in [0.25, 0.3) is 0 Å². The molecule has 0 spiro atoms. The van der Waals surface area contributed by atoms with Crippen LogP contribution in [0.1, 0.15) is 12.2 Å². The molecule has 0 saturated carbocycles. The van der Waals surface area contributed by atoms with E-state index in [1.165, 1.54) is 5.69 Å². The molecule has 0 fully saturated rings. The third kappa shape index (κ3) is 4.24. The lowest BCUT2D eigenvalue weighted by Crippen LogP contribution is -2.23. The quantitative estimate of drug-likeness (QED) is 0.491. The van der Waals surface area contributed by atoms with Gasteiger partial charge in [-0.25, -0.2) is 9.67 Å². The zero-order valence-corrected chi connectivity index (χ0v) is 16.9. The van der Waals surface area contributed by atoms with Crippen molar-refractivity contribution in [2.75, 3.05) is 39.1 Å². The van der Waals surface area contributed by atoms with Gasteiger partial charge in [0.05, 0.1) is 0 Å². The highest BCUT2D eigenvalue weighted by Gasteiger charge is 2.15. The van der Waals surface area contributed by atoms with Gasteiger partial charge in [-0.2, -0.15) is 10.3 Å². The fourth-order valence-electron chi connectivity index (χ4n) is 3.34. The number of rotatable bonds is 8. The maximum Gasteiger partial charge on any atom is 0.196 e. The van der Waals surface area contributed by atoms with E-state index in [0.717, 1.165) is 41.8 Å². The van der Waals surface area contributed by atoms with Gasteiger partial charge in [0.15, 0.2) is 11.5 Å². The molecule has 150 valence electrons. The summed E-state index contributed by atoms with van der Waals surface area (Å²) in [5.41, 5.74) is 3.96. The zero-order valence-electron chi connectivity index (χ0n) is 16.9. The molecule has 9 heteroatoms. The van der Waals surface area contributed by atoms with Gasteiger partial charge in [0, 0.05) is 36.4 Å². The lowest BCUT2D eigenvalue weighted by atomic mass is 10.1. The SMILES string of the molecule is CN(C)CCCN(C)c1ccc(-c2nn(Cc3nn[nH]n3)c3ncccc23)cc1. The molecule has 4 aromatic rings. The Kier molecular flexibility index (Phi) is 5.48. The van der Waals surface area contributed by atoms with Crippen molar-refractivity contribution in [1.29, 1.82) is 0 Å². The second-order valence-electron chi connectivity index (χ2n) is 7.33. The molecule has 0 unspecified atom stereocenters. The summed E-state index contributed by atoms with van der Waals surface area (Å²) in [5, 5.41) is 19.9. The highest BCUT2D eigenvalue weighted by atomic mass is 15.5. The van der Waals surface area contributed by atoms with Crippen molar-refractivity contribution >= 4 is 16.7 Å². The normalized spacial score (nSPS) is 11.4. The summed E-state index contributed by atoms with van der Waals surface area (Å²) in [4.78, 5) is 8.99. The minimum absolute atomic E-state index is 0.413. The van der Waals surface area contributed by atoms with Gasteiger partial charge in [0.1, 0.15) is 12.2 Å². The van der Waals surface area contributed by atoms with Gasteiger partial charge < -0.3 is 9.80 Å². The third-order valence-corrected chi connectivity index (χ3v) is 4.87. The molecule has 1 N–H and O–H groups in total. The molecule has 0 aliphatic rings. The minimum Gasteiger partial charge on any atom is -0.375 e. The molecule has 9 nitrogen and oxygen atoms in total. The molecular formula is C20H25N9. The number of pyridine rings is 1. The van der Waals surface area contributed by atoms with E-state index in [1.807, 2.05) is 16.8 Å². The molecule has 0 aliphatic carbocycles. The summed E-state index contributed by atoms with van der Waals surface area (Å²) in [7, 11) is 6.33. The highest BCUT2D eigenvalue weighted by molar-refractivity contribution is 5.91. The molecule has 0 amide bonds. The van der Waals surface area contributed by atoms with Gasteiger partial charge in [-0.1, -0.05) is 17.3 Å². The molecule has 0 aliphatic heterocycles. The van der Waals surface area contributed by atoms with Crippen molar-refractivity contribution in [3.63, 3.8) is 0 Å². The first-order chi connectivity index (χ1) is 14.1. The van der Waals surface area contributed by atoms with E-state index in [2.05, 4.69) is 80.8 Å². The van der Waals surface area contributed by atoms with Crippen LogP contribution in [0, 0.1) is 0 Å². The van der Waals surface area contributed by atoms with E-state index >= 15 is 0 Å². The van der Waals surface area contributed by atoms with Gasteiger partial charge in [0.2, 0.25) is 0 Å². The van der Waals surface area contributed by atoms with E-state index in [4.69, 9.17) is 5.10 Å². The topological polar surface area (TPSA) is 91.7 Å². The van der Waals surface area contributed by atoms with E-state index in [9.17, 15) is 0 Å². The van der Waals surface area contributed by atoms with Crippen molar-refractivity contribution in [3.8, 4) is 11.3 Å². The number of hydrogen-bond donors (Lipinski definition) is 1. The highest BCUT2D eigenvalue weighted by Crippen LogP contribution is 2.28. The second kappa shape index (κ2) is 8.36. The Morgan fingerprint density at radius 3 is 2.59 bits per heavy atom. The van der Waals surface area contributed by atoms with E-state index in [-0.39, 0.29) is 0 Å². The largest absolute Gasteiger partial charge is 0.375 e. The molecule has 29 heavy (non-hydrogen) atoms. The molecule has 0 radical (unpaired) electrons. The lowest BCUT2D eigenvalue weighted by molar-refractivity contribution is 0.401. The Bertz CT molecular complexity index is 1050. The fourth-order valence-corrected chi connectivity index (χ4v) is 3.34. The lowest BCUT2D eigenvalue weighted by Gasteiger charge is -2.20. The number of tetrazole rings is 1. The Morgan fingerprint density at radius 2 is 1.86 bits per heavy atom. The van der Waals surface area contributed by atoms with Crippen molar-refractivity contribution in [2.45, 2.75) is 13.0 Å². The predicted molar refractivity (Wildman–Crippen MR) is 113 cm³/mol. The summed E-state index contributed by atoms with van der Waals surface area (Å²) < 4.78 is 1.82. The Balaban J connectivity index is 1.58. The molecule has 4 rings (SSSR count). The van der Waals surface area contributed by atoms with Crippen molar-refractivity contribution in [3.05, 3.63) is 48.4 Å². The van der Waals surface area contributed by atoms with Crippen LogP contribution in [-0.2, 0) is 6.54 Å². The number of aromatic amines is 1. The second-order valence-corrected chi connectivity index (χ2v) is 7.33. The zero-order chi connectivity index (χ0) is 20.2. The van der Waals surface area contributed by atoms with Crippen LogP contribution in [0.4, 0.5) is 5.69 Å². The van der Waals surface area contributed by atoms with Crippen molar-refractivity contribution < 1.29 is 0 Å². The Labute approximate surface area is 169 Å². The molecule has 3 aromatic heterocycles. The fraction of sp³-hybridized carbons (Fsp3) is 0.350. The monoisotopic (exact) mass is 391 g/mol. The first-order valence-electron chi connectivity index (χ1n) is 9.62. The maximum atomic E-state index is 4.79. The van der Waals surface area contributed by atoms with Crippen molar-refractivity contribution in [1.82, 2.24) is 40.3 Å². The number of H-pyrrole nitrogens is 1. The summed E-state index contributed by atoms with van der Waals surface area (Å²) in [5.74, 6) is 0.571. The van der Waals surface area contributed by atoms with Crippen LogP contribution >= 0.6 is 0 Å². The van der Waals surface area contributed by atoms with Gasteiger partial charge in [-0.05, 0) is 51.3 Å². The van der Waals surface area contributed by atoms with Crippen LogP contribution in [0.5, 0.6) is 0 Å². The number of anilines is 1. The van der Waals surface area contributed by atoms with Crippen LogP contribution < -0.4 is 4.90 Å². The Hall–Kier alpha value is -3.33.